The molecule has 0 saturated carbocycles. The monoisotopic (exact) mass is 262 g/mol. The maximum atomic E-state index is 6.30. The minimum atomic E-state index is -0.620. The lowest BCUT2D eigenvalue weighted by molar-refractivity contribution is 0.813. The van der Waals surface area contributed by atoms with Crippen molar-refractivity contribution < 1.29 is 0 Å². The van der Waals surface area contributed by atoms with Crippen molar-refractivity contribution in [1.29, 1.82) is 0 Å². The van der Waals surface area contributed by atoms with Gasteiger partial charge in [-0.1, -0.05) is 64.8 Å². The number of hydrogen-bond acceptors (Lipinski definition) is 0. The van der Waals surface area contributed by atoms with Crippen LogP contribution in [0.5, 0.6) is 0 Å². The van der Waals surface area contributed by atoms with Gasteiger partial charge in [-0.3, -0.25) is 0 Å². The first-order valence-electron chi connectivity index (χ1n) is 6.61. The molecule has 0 bridgehead atoms. The van der Waals surface area contributed by atoms with Gasteiger partial charge in [0.1, 0.15) is 0 Å². The van der Waals surface area contributed by atoms with Crippen LogP contribution in [0.25, 0.3) is 0 Å². The van der Waals surface area contributed by atoms with Crippen LogP contribution < -0.4 is 3.69 Å². The number of hydrogen-bond donors (Lipinski definition) is 0. The molecule has 0 atom stereocenters. The maximum Gasteiger partial charge on any atom is 0.539 e. The van der Waals surface area contributed by atoms with Crippen molar-refractivity contribution in [2.75, 3.05) is 0 Å². The lowest BCUT2D eigenvalue weighted by Crippen LogP contribution is -2.23. The molecule has 0 aromatic heterocycles. The second-order valence-corrected chi connectivity index (χ2v) is 7.55. The van der Waals surface area contributed by atoms with Crippen LogP contribution in [0.15, 0.2) is 12.1 Å². The third-order valence-electron chi connectivity index (χ3n) is 3.39. The van der Waals surface area contributed by atoms with E-state index in [0.29, 0.717) is 17.8 Å². The predicted molar refractivity (Wildman–Crippen MR) is 80.0 cm³/mol. The van der Waals surface area contributed by atoms with E-state index in [4.69, 9.17) is 9.07 Å². The van der Waals surface area contributed by atoms with Gasteiger partial charge in [0.25, 0.3) is 0 Å². The summed E-state index contributed by atoms with van der Waals surface area (Å²) in [6, 6.07) is 4.76. The fourth-order valence-electron chi connectivity index (χ4n) is 2.26. The zero-order valence-electron chi connectivity index (χ0n) is 12.0. The fraction of sp³-hybridized carbons (Fsp3) is 0.600. The maximum absolute atomic E-state index is 6.30. The third-order valence-corrected chi connectivity index (χ3v) is 5.27. The van der Waals surface area contributed by atoms with Crippen molar-refractivity contribution in [2.24, 2.45) is 0 Å². The molecule has 0 N–H and O–H groups in total. The van der Waals surface area contributed by atoms with E-state index < -0.39 is 19.3 Å². The highest BCUT2D eigenvalue weighted by Crippen LogP contribution is 2.25. The molecule has 0 aliphatic carbocycles. The normalized spacial score (nSPS) is 11.4. The van der Waals surface area contributed by atoms with Crippen molar-refractivity contribution >= 4 is 32.0 Å². The molecule has 0 saturated heterocycles. The van der Waals surface area contributed by atoms with Gasteiger partial charge in [-0.2, -0.15) is 0 Å². The smallest absolute Gasteiger partial charge is 0.336 e. The summed E-state index contributed by atoms with van der Waals surface area (Å²) in [5.41, 5.74) is 4.43. The van der Waals surface area contributed by atoms with Crippen molar-refractivity contribution in [1.82, 2.24) is 0 Å². The molecule has 0 radical (unpaired) electrons. The lowest BCUT2D eigenvalue weighted by atomic mass is 9.89. The van der Waals surface area contributed by atoms with Crippen LogP contribution in [-0.4, -0.2) is 19.3 Å². The Hall–Kier alpha value is 0.276. The van der Waals surface area contributed by atoms with Gasteiger partial charge in [0.2, 0.25) is 0 Å². The Morgan fingerprint density at radius 1 is 0.824 bits per heavy atom. The molecule has 0 unspecified atom stereocenters. The highest BCUT2D eigenvalue weighted by Gasteiger charge is 2.16. The molecule has 1 rings (SSSR count). The van der Waals surface area contributed by atoms with Crippen LogP contribution in [0.3, 0.4) is 0 Å². The zero-order valence-corrected chi connectivity index (χ0v) is 14.1. The number of halogens is 1. The van der Waals surface area contributed by atoms with Crippen LogP contribution in [0.2, 0.25) is 0 Å². The molecule has 2 heteroatoms. The van der Waals surface area contributed by atoms with E-state index in [1.165, 1.54) is 20.4 Å². The molecule has 92 valence electrons. The van der Waals surface area contributed by atoms with Crippen LogP contribution >= 0.6 is 9.07 Å². The number of rotatable bonds is 4. The third kappa shape index (κ3) is 3.62. The summed E-state index contributed by atoms with van der Waals surface area (Å²) in [6.07, 6.45) is 0. The van der Waals surface area contributed by atoms with Crippen molar-refractivity contribution in [2.45, 2.75) is 59.3 Å². The van der Waals surface area contributed by atoms with Gasteiger partial charge in [-0.05, 0) is 23.3 Å². The van der Waals surface area contributed by atoms with Crippen LogP contribution in [0.1, 0.15) is 76.0 Å². The summed E-state index contributed by atoms with van der Waals surface area (Å²) in [5, 5.41) is 0. The van der Waals surface area contributed by atoms with Crippen molar-refractivity contribution in [3.05, 3.63) is 28.8 Å². The molecule has 0 amide bonds. The van der Waals surface area contributed by atoms with Gasteiger partial charge in [-0.25, -0.2) is 0 Å². The molecule has 1 aromatic carbocycles. The Morgan fingerprint density at radius 3 is 1.47 bits per heavy atom. The average molecular weight is 263 g/mol. The van der Waals surface area contributed by atoms with Gasteiger partial charge in [-0.15, -0.1) is 3.69 Å². The van der Waals surface area contributed by atoms with Gasteiger partial charge < -0.3 is 9.07 Å². The minimum Gasteiger partial charge on any atom is -0.336 e. The van der Waals surface area contributed by atoms with Gasteiger partial charge in [0.05, 0.1) is 0 Å². The average Bonchev–Trinajstić information content (AvgIpc) is 2.26. The molecule has 17 heavy (non-hydrogen) atoms. The predicted octanol–water partition coefficient (Wildman–Crippen LogP) is 4.54. The van der Waals surface area contributed by atoms with Crippen LogP contribution in [-0.2, 0) is 0 Å². The van der Waals surface area contributed by atoms with E-state index in [1.807, 2.05) is 0 Å². The fourth-order valence-corrected chi connectivity index (χ4v) is 4.51. The second kappa shape index (κ2) is 6.45. The van der Waals surface area contributed by atoms with E-state index >= 15 is 0 Å². The quantitative estimate of drug-likeness (QED) is 0.699. The first-order valence-corrected chi connectivity index (χ1v) is 9.45. The standard InChI is InChI=1S/C15H23.ClH.Mg/c1-10(2)13-7-14(11(3)4)9-15(8-13)12(5)6;;/h7-8,10-12H,1-6H3;1H;/q;;+1/p-1. The first-order chi connectivity index (χ1) is 7.88. The van der Waals surface area contributed by atoms with E-state index in [0.717, 1.165) is 0 Å². The van der Waals surface area contributed by atoms with E-state index in [2.05, 4.69) is 53.7 Å². The second-order valence-electron chi connectivity index (χ2n) is 5.78. The zero-order chi connectivity index (χ0) is 13.2. The van der Waals surface area contributed by atoms with E-state index in [-0.39, 0.29) is 0 Å². The van der Waals surface area contributed by atoms with Crippen LogP contribution in [0.4, 0.5) is 0 Å². The molecule has 0 fully saturated rings. The first kappa shape index (κ1) is 15.3. The highest BCUT2D eigenvalue weighted by atomic mass is 35.5. The Morgan fingerprint density at radius 2 is 1.24 bits per heavy atom. The summed E-state index contributed by atoms with van der Waals surface area (Å²) in [6.45, 7) is 13.6. The Bertz CT molecular complexity index is 352. The Balaban J connectivity index is 3.46. The SMILES string of the molecule is CC(C)c1cc(C(C)C)[c]([Mg][Cl])c(C(C)C)c1. The molecule has 0 aliphatic rings. The summed E-state index contributed by atoms with van der Waals surface area (Å²) < 4.78 is 1.49. The Kier molecular flexibility index (Phi) is 5.81. The molecular formula is C15H23ClMg. The lowest BCUT2D eigenvalue weighted by Gasteiger charge is -2.22. The summed E-state index contributed by atoms with van der Waals surface area (Å²) >= 11 is -0.620. The minimum absolute atomic E-state index is 0.576. The summed E-state index contributed by atoms with van der Waals surface area (Å²) in [7, 11) is 6.30. The summed E-state index contributed by atoms with van der Waals surface area (Å²) in [5.74, 6) is 1.75. The Labute approximate surface area is 120 Å². The van der Waals surface area contributed by atoms with Gasteiger partial charge in [0.15, 0.2) is 0 Å². The number of benzene rings is 1. The highest BCUT2D eigenvalue weighted by molar-refractivity contribution is 7.01. The molecule has 0 heterocycles. The van der Waals surface area contributed by atoms with Crippen LogP contribution in [0, 0.1) is 0 Å². The van der Waals surface area contributed by atoms with E-state index in [9.17, 15) is 0 Å². The topological polar surface area (TPSA) is 0 Å². The van der Waals surface area contributed by atoms with Crippen molar-refractivity contribution in [3.8, 4) is 0 Å². The molecule has 0 aliphatic heterocycles. The molecule has 0 nitrogen and oxygen atoms in total. The molecule has 1 aromatic rings. The van der Waals surface area contributed by atoms with Gasteiger partial charge in [0, 0.05) is 0 Å². The largest absolute Gasteiger partial charge is 0.539 e. The summed E-state index contributed by atoms with van der Waals surface area (Å²) in [4.78, 5) is 0. The molecular weight excluding hydrogens is 240 g/mol. The van der Waals surface area contributed by atoms with Gasteiger partial charge >= 0.3 is 19.3 Å². The molecule has 0 spiro atoms. The van der Waals surface area contributed by atoms with Crippen molar-refractivity contribution in [3.63, 3.8) is 0 Å². The van der Waals surface area contributed by atoms with E-state index in [1.54, 1.807) is 0 Å².